The van der Waals surface area contributed by atoms with Gasteiger partial charge < -0.3 is 9.64 Å². The van der Waals surface area contributed by atoms with E-state index in [1.54, 1.807) is 0 Å². The Morgan fingerprint density at radius 1 is 1.53 bits per heavy atom. The highest BCUT2D eigenvalue weighted by molar-refractivity contribution is 6.17. The quantitative estimate of drug-likeness (QED) is 0.771. The highest BCUT2D eigenvalue weighted by Crippen LogP contribution is 2.25. The lowest BCUT2D eigenvalue weighted by Gasteiger charge is -2.37. The molecule has 1 saturated heterocycles. The first-order valence-electron chi connectivity index (χ1n) is 5.95. The minimum absolute atomic E-state index is 0.191. The number of anilines is 1. The molecule has 0 radical (unpaired) electrons. The Kier molecular flexibility index (Phi) is 4.24. The Morgan fingerprint density at radius 2 is 2.35 bits per heavy atom. The third kappa shape index (κ3) is 2.72. The highest BCUT2D eigenvalue weighted by atomic mass is 35.5. The lowest BCUT2D eigenvalue weighted by Crippen LogP contribution is -2.45. The third-order valence-electron chi connectivity index (χ3n) is 3.17. The van der Waals surface area contributed by atoms with E-state index in [-0.39, 0.29) is 11.9 Å². The van der Waals surface area contributed by atoms with Crippen molar-refractivity contribution in [3.8, 4) is 0 Å². The molecule has 1 aromatic rings. The number of benzene rings is 1. The molecule has 1 fully saturated rings. The zero-order valence-corrected chi connectivity index (χ0v) is 10.7. The molecule has 17 heavy (non-hydrogen) atoms. The Labute approximate surface area is 106 Å². The van der Waals surface area contributed by atoms with Gasteiger partial charge in [0, 0.05) is 12.4 Å². The minimum Gasteiger partial charge on any atom is -0.377 e. The van der Waals surface area contributed by atoms with E-state index in [2.05, 4.69) is 11.8 Å². The van der Waals surface area contributed by atoms with Gasteiger partial charge >= 0.3 is 0 Å². The number of hydrogen-bond donors (Lipinski definition) is 0. The normalized spacial score (nSPS) is 20.6. The van der Waals surface area contributed by atoms with Crippen LogP contribution in [0.5, 0.6) is 0 Å². The molecule has 1 unspecified atom stereocenters. The summed E-state index contributed by atoms with van der Waals surface area (Å²) < 4.78 is 19.4. The van der Waals surface area contributed by atoms with Crippen LogP contribution in [0.1, 0.15) is 18.9 Å². The summed E-state index contributed by atoms with van der Waals surface area (Å²) >= 11 is 5.69. The molecular weight excluding hydrogens is 241 g/mol. The molecule has 0 aromatic heterocycles. The van der Waals surface area contributed by atoms with Crippen LogP contribution < -0.4 is 4.90 Å². The molecule has 0 spiro atoms. The second-order valence-electron chi connectivity index (χ2n) is 4.25. The van der Waals surface area contributed by atoms with Gasteiger partial charge in [-0.3, -0.25) is 0 Å². The number of alkyl halides is 1. The second kappa shape index (κ2) is 5.69. The number of nitrogens with zero attached hydrogens (tertiary/aromatic N) is 1. The third-order valence-corrected chi connectivity index (χ3v) is 3.48. The van der Waals surface area contributed by atoms with Gasteiger partial charge in [-0.15, -0.1) is 11.6 Å². The second-order valence-corrected chi connectivity index (χ2v) is 4.52. The smallest absolute Gasteiger partial charge is 0.146 e. The van der Waals surface area contributed by atoms with E-state index in [0.717, 1.165) is 18.5 Å². The van der Waals surface area contributed by atoms with Crippen LogP contribution in [0.3, 0.4) is 0 Å². The molecule has 2 nitrogen and oxygen atoms in total. The van der Waals surface area contributed by atoms with Crippen LogP contribution in [0.2, 0.25) is 0 Å². The van der Waals surface area contributed by atoms with Gasteiger partial charge in [0.1, 0.15) is 5.82 Å². The molecule has 0 saturated carbocycles. The van der Waals surface area contributed by atoms with Crippen molar-refractivity contribution in [2.24, 2.45) is 0 Å². The van der Waals surface area contributed by atoms with Crippen molar-refractivity contribution in [3.05, 3.63) is 29.6 Å². The molecule has 4 heteroatoms. The van der Waals surface area contributed by atoms with Gasteiger partial charge in [-0.05, 0) is 24.1 Å². The Bertz CT molecular complexity index is 386. The highest BCUT2D eigenvalue weighted by Gasteiger charge is 2.23. The minimum atomic E-state index is -0.191. The summed E-state index contributed by atoms with van der Waals surface area (Å²) in [4.78, 5) is 2.09. The monoisotopic (exact) mass is 257 g/mol. The summed E-state index contributed by atoms with van der Waals surface area (Å²) in [6, 6.07) is 5.49. The average molecular weight is 258 g/mol. The molecule has 1 atom stereocenters. The van der Waals surface area contributed by atoms with Gasteiger partial charge in [0.25, 0.3) is 0 Å². The van der Waals surface area contributed by atoms with E-state index in [1.165, 1.54) is 6.07 Å². The lowest BCUT2D eigenvalue weighted by atomic mass is 10.1. The summed E-state index contributed by atoms with van der Waals surface area (Å²) in [6.07, 6.45) is 0.955. The van der Waals surface area contributed by atoms with Crippen LogP contribution >= 0.6 is 11.6 Å². The summed E-state index contributed by atoms with van der Waals surface area (Å²) in [5.74, 6) is 0.154. The molecule has 0 aliphatic carbocycles. The fourth-order valence-corrected chi connectivity index (χ4v) is 2.34. The van der Waals surface area contributed by atoms with Crippen LogP contribution in [-0.4, -0.2) is 25.8 Å². The van der Waals surface area contributed by atoms with Gasteiger partial charge in [-0.2, -0.15) is 0 Å². The first-order valence-corrected chi connectivity index (χ1v) is 6.48. The predicted octanol–water partition coefficient (Wildman–Crippen LogP) is 3.18. The zero-order valence-electron chi connectivity index (χ0n) is 9.96. The molecular formula is C13H17ClFNO. The molecule has 1 aliphatic rings. The topological polar surface area (TPSA) is 12.5 Å². The van der Waals surface area contributed by atoms with Gasteiger partial charge in [0.05, 0.1) is 24.9 Å². The van der Waals surface area contributed by atoms with E-state index in [0.29, 0.717) is 24.8 Å². The van der Waals surface area contributed by atoms with Gasteiger partial charge in [-0.25, -0.2) is 4.39 Å². The molecule has 1 aromatic carbocycles. The summed E-state index contributed by atoms with van der Waals surface area (Å²) in [5, 5.41) is 0. The van der Waals surface area contributed by atoms with Crippen molar-refractivity contribution in [3.63, 3.8) is 0 Å². The molecule has 1 heterocycles. The van der Waals surface area contributed by atoms with Crippen LogP contribution in [-0.2, 0) is 10.6 Å². The van der Waals surface area contributed by atoms with Crippen LogP contribution in [0, 0.1) is 5.82 Å². The van der Waals surface area contributed by atoms with Crippen LogP contribution in [0.4, 0.5) is 10.1 Å². The maximum absolute atomic E-state index is 14.0. The zero-order chi connectivity index (χ0) is 12.3. The Balaban J connectivity index is 2.25. The lowest BCUT2D eigenvalue weighted by molar-refractivity contribution is 0.0926. The fraction of sp³-hybridized carbons (Fsp3) is 0.538. The van der Waals surface area contributed by atoms with E-state index in [1.807, 2.05) is 12.1 Å². The number of morpholine rings is 1. The van der Waals surface area contributed by atoms with Crippen molar-refractivity contribution in [2.45, 2.75) is 25.3 Å². The molecule has 0 bridgehead atoms. The standard InChI is InChI=1S/C13H17ClFNO/c1-2-11-9-17-6-5-16(11)13-4-3-10(8-14)7-12(13)15/h3-4,7,11H,2,5-6,8-9H2,1H3. The number of ether oxygens (including phenoxy) is 1. The largest absolute Gasteiger partial charge is 0.377 e. The fourth-order valence-electron chi connectivity index (χ4n) is 2.18. The van der Waals surface area contributed by atoms with E-state index < -0.39 is 0 Å². The van der Waals surface area contributed by atoms with Gasteiger partial charge in [0.15, 0.2) is 0 Å². The van der Waals surface area contributed by atoms with Crippen molar-refractivity contribution in [1.29, 1.82) is 0 Å². The maximum Gasteiger partial charge on any atom is 0.146 e. The number of hydrogen-bond acceptors (Lipinski definition) is 2. The predicted molar refractivity (Wildman–Crippen MR) is 68.2 cm³/mol. The molecule has 2 rings (SSSR count). The first-order chi connectivity index (χ1) is 8.26. The first kappa shape index (κ1) is 12.7. The van der Waals surface area contributed by atoms with Crippen LogP contribution in [0.15, 0.2) is 18.2 Å². The van der Waals surface area contributed by atoms with Crippen molar-refractivity contribution in [1.82, 2.24) is 0 Å². The Hall–Kier alpha value is -0.800. The van der Waals surface area contributed by atoms with Crippen molar-refractivity contribution >= 4 is 17.3 Å². The molecule has 94 valence electrons. The van der Waals surface area contributed by atoms with Gasteiger partial charge in [0.2, 0.25) is 0 Å². The Morgan fingerprint density at radius 3 is 3.00 bits per heavy atom. The molecule has 0 amide bonds. The van der Waals surface area contributed by atoms with Crippen molar-refractivity contribution in [2.75, 3.05) is 24.7 Å². The number of halogens is 2. The van der Waals surface area contributed by atoms with Gasteiger partial charge in [-0.1, -0.05) is 13.0 Å². The SMILES string of the molecule is CCC1COCCN1c1ccc(CCl)cc1F. The van der Waals surface area contributed by atoms with E-state index in [9.17, 15) is 4.39 Å². The van der Waals surface area contributed by atoms with Crippen molar-refractivity contribution < 1.29 is 9.13 Å². The molecule has 1 aliphatic heterocycles. The van der Waals surface area contributed by atoms with Crippen LogP contribution in [0.25, 0.3) is 0 Å². The van der Waals surface area contributed by atoms with E-state index in [4.69, 9.17) is 16.3 Å². The summed E-state index contributed by atoms with van der Waals surface area (Å²) in [5.41, 5.74) is 1.48. The van der Waals surface area contributed by atoms with E-state index >= 15 is 0 Å². The summed E-state index contributed by atoms with van der Waals surface area (Å²) in [7, 11) is 0. The number of rotatable bonds is 3. The maximum atomic E-state index is 14.0. The average Bonchev–Trinajstić information content (AvgIpc) is 2.38. The summed E-state index contributed by atoms with van der Waals surface area (Å²) in [6.45, 7) is 4.17. The molecule has 0 N–H and O–H groups in total.